The van der Waals surface area contributed by atoms with E-state index in [9.17, 15) is 4.79 Å². The molecule has 4 nitrogen and oxygen atoms in total. The average molecular weight is 342 g/mol. The van der Waals surface area contributed by atoms with Gasteiger partial charge in [0.2, 0.25) is 5.91 Å². The molecule has 0 N–H and O–H groups in total. The van der Waals surface area contributed by atoms with Gasteiger partial charge in [0.25, 0.3) is 0 Å². The van der Waals surface area contributed by atoms with Crippen molar-refractivity contribution in [3.05, 3.63) is 35.9 Å². The van der Waals surface area contributed by atoms with Crippen LogP contribution in [-0.4, -0.2) is 60.1 Å². The SMILES string of the molecule is CC1CN(C(=O)C2CC2)CC2(CCN(CCc3ccccc3)CC2)O1. The molecule has 1 spiro atoms. The van der Waals surface area contributed by atoms with E-state index in [0.29, 0.717) is 11.8 Å². The minimum atomic E-state index is -0.106. The van der Waals surface area contributed by atoms with Crippen molar-refractivity contribution in [2.45, 2.75) is 50.7 Å². The Hall–Kier alpha value is -1.39. The standard InChI is InChI=1S/C21H30N2O2/c1-17-15-23(20(24)19-7-8-19)16-21(25-17)10-13-22(14-11-21)12-9-18-5-3-2-4-6-18/h2-6,17,19H,7-16H2,1H3. The number of likely N-dealkylation sites (tertiary alicyclic amines) is 1. The third-order valence-corrected chi connectivity index (χ3v) is 5.97. The molecule has 1 aromatic carbocycles. The lowest BCUT2D eigenvalue weighted by atomic mass is 9.88. The summed E-state index contributed by atoms with van der Waals surface area (Å²) in [5, 5.41) is 0. The second kappa shape index (κ2) is 7.08. The number of hydrogen-bond acceptors (Lipinski definition) is 3. The Bertz CT molecular complexity index is 591. The summed E-state index contributed by atoms with van der Waals surface area (Å²) < 4.78 is 6.39. The Balaban J connectivity index is 1.31. The summed E-state index contributed by atoms with van der Waals surface area (Å²) in [7, 11) is 0. The van der Waals surface area contributed by atoms with E-state index < -0.39 is 0 Å². The molecule has 2 heterocycles. The maximum Gasteiger partial charge on any atom is 0.225 e. The van der Waals surface area contributed by atoms with Crippen LogP contribution in [0.15, 0.2) is 30.3 Å². The minimum absolute atomic E-state index is 0.106. The number of carbonyl (C=O) groups is 1. The van der Waals surface area contributed by atoms with Gasteiger partial charge in [0, 0.05) is 38.6 Å². The van der Waals surface area contributed by atoms with E-state index in [1.165, 1.54) is 5.56 Å². The monoisotopic (exact) mass is 342 g/mol. The zero-order chi connectivity index (χ0) is 17.3. The van der Waals surface area contributed by atoms with Crippen LogP contribution in [-0.2, 0) is 16.0 Å². The highest BCUT2D eigenvalue weighted by atomic mass is 16.5. The summed E-state index contributed by atoms with van der Waals surface area (Å²) in [4.78, 5) is 17.2. The van der Waals surface area contributed by atoms with Crippen LogP contribution in [0.3, 0.4) is 0 Å². The smallest absolute Gasteiger partial charge is 0.225 e. The highest BCUT2D eigenvalue weighted by Crippen LogP contribution is 2.36. The highest BCUT2D eigenvalue weighted by molar-refractivity contribution is 5.81. The summed E-state index contributed by atoms with van der Waals surface area (Å²) in [6, 6.07) is 10.7. The maximum absolute atomic E-state index is 12.5. The highest BCUT2D eigenvalue weighted by Gasteiger charge is 2.45. The Labute approximate surface area is 151 Å². The van der Waals surface area contributed by atoms with E-state index in [1.54, 1.807) is 0 Å². The van der Waals surface area contributed by atoms with E-state index in [-0.39, 0.29) is 11.7 Å². The van der Waals surface area contributed by atoms with Gasteiger partial charge < -0.3 is 14.5 Å². The molecule has 1 atom stereocenters. The van der Waals surface area contributed by atoms with E-state index in [1.807, 2.05) is 0 Å². The molecule has 3 fully saturated rings. The van der Waals surface area contributed by atoms with E-state index in [2.05, 4.69) is 47.1 Å². The lowest BCUT2D eigenvalue weighted by Gasteiger charge is -2.49. The van der Waals surface area contributed by atoms with Crippen LogP contribution < -0.4 is 0 Å². The summed E-state index contributed by atoms with van der Waals surface area (Å²) in [5.41, 5.74) is 1.30. The first kappa shape index (κ1) is 17.0. The van der Waals surface area contributed by atoms with Gasteiger partial charge in [-0.05, 0) is 44.6 Å². The number of amides is 1. The molecule has 2 saturated heterocycles. The fraction of sp³-hybridized carbons (Fsp3) is 0.667. The molecule has 1 amide bonds. The largest absolute Gasteiger partial charge is 0.368 e. The maximum atomic E-state index is 12.5. The molecule has 0 radical (unpaired) electrons. The molecule has 25 heavy (non-hydrogen) atoms. The van der Waals surface area contributed by atoms with Crippen molar-refractivity contribution in [2.75, 3.05) is 32.7 Å². The van der Waals surface area contributed by atoms with Crippen molar-refractivity contribution < 1.29 is 9.53 Å². The van der Waals surface area contributed by atoms with Gasteiger partial charge >= 0.3 is 0 Å². The Morgan fingerprint density at radius 2 is 1.92 bits per heavy atom. The number of hydrogen-bond donors (Lipinski definition) is 0. The van der Waals surface area contributed by atoms with Crippen molar-refractivity contribution >= 4 is 5.91 Å². The van der Waals surface area contributed by atoms with E-state index in [0.717, 1.165) is 64.8 Å². The number of carbonyl (C=O) groups excluding carboxylic acids is 1. The zero-order valence-electron chi connectivity index (χ0n) is 15.3. The van der Waals surface area contributed by atoms with Crippen molar-refractivity contribution in [1.29, 1.82) is 0 Å². The first-order valence-electron chi connectivity index (χ1n) is 9.86. The third-order valence-electron chi connectivity index (χ3n) is 5.97. The third kappa shape index (κ3) is 4.06. The molecular weight excluding hydrogens is 312 g/mol. The molecule has 4 heteroatoms. The number of ether oxygens (including phenoxy) is 1. The second-order valence-corrected chi connectivity index (χ2v) is 8.18. The molecule has 1 saturated carbocycles. The second-order valence-electron chi connectivity index (χ2n) is 8.18. The van der Waals surface area contributed by atoms with Gasteiger partial charge in [0.05, 0.1) is 11.7 Å². The van der Waals surface area contributed by atoms with Gasteiger partial charge in [-0.15, -0.1) is 0 Å². The fourth-order valence-electron chi connectivity index (χ4n) is 4.37. The molecule has 0 bridgehead atoms. The quantitative estimate of drug-likeness (QED) is 0.843. The predicted octanol–water partition coefficient (Wildman–Crippen LogP) is 2.72. The Kier molecular flexibility index (Phi) is 4.83. The summed E-state index contributed by atoms with van der Waals surface area (Å²) >= 11 is 0. The van der Waals surface area contributed by atoms with Crippen LogP contribution in [0.2, 0.25) is 0 Å². The zero-order valence-corrected chi connectivity index (χ0v) is 15.3. The molecule has 0 aromatic heterocycles. The molecule has 3 aliphatic rings. The van der Waals surface area contributed by atoms with Crippen LogP contribution >= 0.6 is 0 Å². The Morgan fingerprint density at radius 3 is 2.60 bits per heavy atom. The average Bonchev–Trinajstić information content (AvgIpc) is 3.46. The first-order chi connectivity index (χ1) is 12.1. The number of nitrogens with zero attached hydrogens (tertiary/aromatic N) is 2. The summed E-state index contributed by atoms with van der Waals surface area (Å²) in [5.74, 6) is 0.689. The number of benzene rings is 1. The van der Waals surface area contributed by atoms with Crippen molar-refractivity contribution in [3.8, 4) is 0 Å². The molecule has 1 aliphatic carbocycles. The molecular formula is C21H30N2O2. The van der Waals surface area contributed by atoms with Crippen LogP contribution in [0.4, 0.5) is 0 Å². The van der Waals surface area contributed by atoms with Gasteiger partial charge in [-0.2, -0.15) is 0 Å². The van der Waals surface area contributed by atoms with Gasteiger partial charge in [-0.25, -0.2) is 0 Å². The van der Waals surface area contributed by atoms with Gasteiger partial charge in [0.15, 0.2) is 0 Å². The Morgan fingerprint density at radius 1 is 1.20 bits per heavy atom. The van der Waals surface area contributed by atoms with Crippen LogP contribution in [0.5, 0.6) is 0 Å². The molecule has 4 rings (SSSR count). The number of rotatable bonds is 4. The lowest BCUT2D eigenvalue weighted by Crippen LogP contribution is -2.60. The normalized spacial score (nSPS) is 26.8. The lowest BCUT2D eigenvalue weighted by molar-refractivity contribution is -0.180. The van der Waals surface area contributed by atoms with Gasteiger partial charge in [-0.3, -0.25) is 4.79 Å². The molecule has 2 aliphatic heterocycles. The topological polar surface area (TPSA) is 32.8 Å². The minimum Gasteiger partial charge on any atom is -0.368 e. The number of morpholine rings is 1. The first-order valence-corrected chi connectivity index (χ1v) is 9.86. The predicted molar refractivity (Wildman–Crippen MR) is 98.4 cm³/mol. The van der Waals surface area contributed by atoms with Crippen LogP contribution in [0.25, 0.3) is 0 Å². The fourth-order valence-corrected chi connectivity index (χ4v) is 4.37. The summed E-state index contributed by atoms with van der Waals surface area (Å²) in [6.07, 6.45) is 5.53. The van der Waals surface area contributed by atoms with Gasteiger partial charge in [0.1, 0.15) is 0 Å². The number of piperidine rings is 1. The molecule has 1 aromatic rings. The van der Waals surface area contributed by atoms with Gasteiger partial charge in [-0.1, -0.05) is 30.3 Å². The molecule has 1 unspecified atom stereocenters. The van der Waals surface area contributed by atoms with Crippen molar-refractivity contribution in [1.82, 2.24) is 9.80 Å². The van der Waals surface area contributed by atoms with Crippen LogP contribution in [0.1, 0.15) is 38.2 Å². The summed E-state index contributed by atoms with van der Waals surface area (Å²) in [6.45, 7) is 6.96. The van der Waals surface area contributed by atoms with Crippen molar-refractivity contribution in [2.24, 2.45) is 5.92 Å². The van der Waals surface area contributed by atoms with Crippen LogP contribution in [0, 0.1) is 5.92 Å². The van der Waals surface area contributed by atoms with E-state index >= 15 is 0 Å². The van der Waals surface area contributed by atoms with Crippen molar-refractivity contribution in [3.63, 3.8) is 0 Å². The van der Waals surface area contributed by atoms with E-state index in [4.69, 9.17) is 4.74 Å². The molecule has 136 valence electrons.